The zero-order valence-electron chi connectivity index (χ0n) is 15.8. The van der Waals surface area contributed by atoms with E-state index < -0.39 is 0 Å². The van der Waals surface area contributed by atoms with Crippen LogP contribution in [0.1, 0.15) is 45.2 Å². The fourth-order valence-corrected chi connectivity index (χ4v) is 2.32. The summed E-state index contributed by atoms with van der Waals surface area (Å²) in [6.45, 7) is 6.09. The Morgan fingerprint density at radius 2 is 1.54 bits per heavy atom. The number of aromatic nitrogens is 2. The van der Waals surface area contributed by atoms with E-state index >= 15 is 0 Å². The molecule has 1 N–H and O–H groups in total. The summed E-state index contributed by atoms with van der Waals surface area (Å²) in [5.41, 5.74) is 4.64. The first-order chi connectivity index (χ1) is 12.7. The van der Waals surface area contributed by atoms with Crippen LogP contribution in [0.4, 0.5) is 0 Å². The molecule has 26 heavy (non-hydrogen) atoms. The maximum atomic E-state index is 4.09. The summed E-state index contributed by atoms with van der Waals surface area (Å²) < 4.78 is 0. The van der Waals surface area contributed by atoms with E-state index in [9.17, 15) is 0 Å². The number of hydrogen-bond donors (Lipinski definition) is 1. The second kappa shape index (κ2) is 14.1. The Hall–Kier alpha value is -2.08. The fraction of sp³-hybridized carbons (Fsp3) is 0.400. The maximum absolute atomic E-state index is 4.09. The number of aryl methyl sites for hydroxylation is 1. The van der Waals surface area contributed by atoms with Gasteiger partial charge in [-0.15, -0.1) is 0 Å². The van der Waals surface area contributed by atoms with Gasteiger partial charge in [0, 0.05) is 72.2 Å². The third-order valence-corrected chi connectivity index (χ3v) is 3.95. The lowest BCUT2D eigenvalue weighted by Gasteiger charge is -1.83. The van der Waals surface area contributed by atoms with Crippen LogP contribution in [-0.4, -0.2) is 33.9 Å². The van der Waals surface area contributed by atoms with Crippen LogP contribution in [0, 0.1) is 6.92 Å². The number of allylic oxidation sites excluding steroid dienone is 6. The molecule has 0 atom stereocenters. The highest BCUT2D eigenvalue weighted by Gasteiger charge is 1.93. The van der Waals surface area contributed by atoms with Gasteiger partial charge in [-0.25, -0.2) is 4.98 Å². The van der Waals surface area contributed by atoms with Crippen molar-refractivity contribution in [2.45, 2.75) is 46.5 Å². The molecule has 3 aliphatic rings. The van der Waals surface area contributed by atoms with Crippen molar-refractivity contribution in [1.29, 1.82) is 0 Å². The number of hydrogen-bond acceptors (Lipinski definition) is 4. The highest BCUT2D eigenvalue weighted by atomic mass is 79.9. The topological polar surface area (TPSA) is 65.8 Å². The molecule has 0 bridgehead atoms. The van der Waals surface area contributed by atoms with Gasteiger partial charge >= 0.3 is 0 Å². The molecular weight excluding hydrogens is 390 g/mol. The van der Waals surface area contributed by atoms with Gasteiger partial charge in [-0.2, -0.15) is 0 Å². The number of alkyl halides is 1. The normalized spacial score (nSPS) is 15.8. The number of aliphatic imine (C=N–C) groups is 3. The molecule has 0 unspecified atom stereocenters. The van der Waals surface area contributed by atoms with Gasteiger partial charge < -0.3 is 4.98 Å². The average Bonchev–Trinajstić information content (AvgIpc) is 3.44. The third kappa shape index (κ3) is 10.7. The van der Waals surface area contributed by atoms with Crippen molar-refractivity contribution < 1.29 is 0 Å². The van der Waals surface area contributed by atoms with Crippen molar-refractivity contribution in [3.63, 3.8) is 0 Å². The number of H-pyrrole nitrogens is 1. The molecule has 0 saturated carbocycles. The molecule has 4 heterocycles. The van der Waals surface area contributed by atoms with Gasteiger partial charge in [0.25, 0.3) is 0 Å². The summed E-state index contributed by atoms with van der Waals surface area (Å²) >= 11 is 3.29. The minimum atomic E-state index is 0.892. The molecule has 140 valence electrons. The van der Waals surface area contributed by atoms with Gasteiger partial charge in [0.15, 0.2) is 0 Å². The van der Waals surface area contributed by atoms with E-state index in [1.165, 1.54) is 5.70 Å². The molecular formula is C20H28BrN5. The second-order valence-electron chi connectivity index (χ2n) is 5.60. The first kappa shape index (κ1) is 22.0. The van der Waals surface area contributed by atoms with E-state index in [2.05, 4.69) is 66.0 Å². The third-order valence-electron chi connectivity index (χ3n) is 3.38. The number of aromatic amines is 1. The Kier molecular flexibility index (Phi) is 11.9. The summed E-state index contributed by atoms with van der Waals surface area (Å²) in [4.78, 5) is 18.8. The van der Waals surface area contributed by atoms with Crippen LogP contribution < -0.4 is 0 Å². The molecule has 0 amide bonds. The minimum Gasteiger partial charge on any atom is -0.349 e. The van der Waals surface area contributed by atoms with Crippen molar-refractivity contribution in [3.05, 3.63) is 53.5 Å². The summed E-state index contributed by atoms with van der Waals surface area (Å²) in [6.07, 6.45) is 19.7. The zero-order valence-corrected chi connectivity index (χ0v) is 17.4. The molecule has 1 aromatic rings. The average molecular weight is 418 g/mol. The Labute approximate surface area is 165 Å². The molecule has 0 spiro atoms. The van der Waals surface area contributed by atoms with Crippen LogP contribution in [0.15, 0.2) is 62.8 Å². The molecule has 0 fully saturated rings. The number of rotatable bonds is 2. The first-order valence-electron chi connectivity index (χ1n) is 8.79. The minimum absolute atomic E-state index is 0.892. The van der Waals surface area contributed by atoms with Gasteiger partial charge in [-0.3, -0.25) is 15.0 Å². The van der Waals surface area contributed by atoms with E-state index in [-0.39, 0.29) is 0 Å². The molecule has 3 aliphatic heterocycles. The molecule has 5 nitrogen and oxygen atoms in total. The monoisotopic (exact) mass is 417 g/mol. The quantitative estimate of drug-likeness (QED) is 0.627. The summed E-state index contributed by atoms with van der Waals surface area (Å²) in [7, 11) is 0. The SMILES string of the molecule is BrCC1=CCC=N1.CC1=CCC=N1.CCC1=CCC=N1.Cc1cnc[nH]1. The van der Waals surface area contributed by atoms with Gasteiger partial charge in [-0.05, 0) is 20.3 Å². The standard InChI is InChI=1S/C6H9N.C5H6BrN.C5H7N.C4H6N2/c1-2-6-4-3-5-7-6;6-4-5-2-1-3-7-5;1-5-3-2-4-6-5;1-4-2-5-3-6-4/h4-5H,2-3H2,1H3;2-3H,1,4H2;3-4H,2H2,1H3;2-3H,1H3,(H,5,6). The van der Waals surface area contributed by atoms with E-state index in [1.807, 2.05) is 32.5 Å². The van der Waals surface area contributed by atoms with E-state index in [4.69, 9.17) is 0 Å². The molecule has 0 aromatic carbocycles. The lowest BCUT2D eigenvalue weighted by Crippen LogP contribution is -1.69. The fourth-order valence-electron chi connectivity index (χ4n) is 1.95. The van der Waals surface area contributed by atoms with Crippen LogP contribution in [0.3, 0.4) is 0 Å². The van der Waals surface area contributed by atoms with Crippen LogP contribution in [0.25, 0.3) is 0 Å². The van der Waals surface area contributed by atoms with Gasteiger partial charge in [-0.1, -0.05) is 41.1 Å². The lowest BCUT2D eigenvalue weighted by atomic mass is 10.3. The summed E-state index contributed by atoms with van der Waals surface area (Å²) in [5.74, 6) is 0. The summed E-state index contributed by atoms with van der Waals surface area (Å²) in [6, 6.07) is 0. The predicted octanol–water partition coefficient (Wildman–Crippen LogP) is 5.58. The van der Waals surface area contributed by atoms with Crippen LogP contribution in [0.2, 0.25) is 0 Å². The molecule has 0 aliphatic carbocycles. The van der Waals surface area contributed by atoms with E-state index in [0.29, 0.717) is 0 Å². The zero-order chi connectivity index (χ0) is 19.0. The molecule has 0 saturated heterocycles. The molecule has 1 aromatic heterocycles. The van der Waals surface area contributed by atoms with Crippen LogP contribution in [0.5, 0.6) is 0 Å². The van der Waals surface area contributed by atoms with Crippen molar-refractivity contribution in [2.24, 2.45) is 15.0 Å². The van der Waals surface area contributed by atoms with Crippen LogP contribution >= 0.6 is 15.9 Å². The number of nitrogens with zero attached hydrogens (tertiary/aromatic N) is 4. The number of halogens is 1. The highest BCUT2D eigenvalue weighted by molar-refractivity contribution is 9.09. The Morgan fingerprint density at radius 3 is 1.73 bits per heavy atom. The Morgan fingerprint density at radius 1 is 0.923 bits per heavy atom. The molecule has 0 radical (unpaired) electrons. The van der Waals surface area contributed by atoms with E-state index in [0.717, 1.165) is 48.1 Å². The van der Waals surface area contributed by atoms with Crippen LogP contribution in [-0.2, 0) is 0 Å². The highest BCUT2D eigenvalue weighted by Crippen LogP contribution is 2.07. The number of nitrogens with one attached hydrogen (secondary N) is 1. The lowest BCUT2D eigenvalue weighted by molar-refractivity contribution is 1.08. The smallest absolute Gasteiger partial charge is 0.0921 e. The van der Waals surface area contributed by atoms with Gasteiger partial charge in [0.05, 0.1) is 6.33 Å². The Balaban J connectivity index is 0.000000174. The van der Waals surface area contributed by atoms with E-state index in [1.54, 1.807) is 12.5 Å². The molecule has 4 rings (SSSR count). The molecule has 6 heteroatoms. The van der Waals surface area contributed by atoms with Crippen molar-refractivity contribution in [1.82, 2.24) is 9.97 Å². The van der Waals surface area contributed by atoms with Crippen molar-refractivity contribution >= 4 is 34.6 Å². The maximum Gasteiger partial charge on any atom is 0.0921 e. The second-order valence-corrected chi connectivity index (χ2v) is 6.16. The largest absolute Gasteiger partial charge is 0.349 e. The number of imidazole rings is 1. The van der Waals surface area contributed by atoms with Gasteiger partial charge in [0.2, 0.25) is 0 Å². The predicted molar refractivity (Wildman–Crippen MR) is 117 cm³/mol. The Bertz CT molecular complexity index is 646. The summed E-state index contributed by atoms with van der Waals surface area (Å²) in [5, 5.41) is 0.892. The van der Waals surface area contributed by atoms with Crippen molar-refractivity contribution in [3.8, 4) is 0 Å². The first-order valence-corrected chi connectivity index (χ1v) is 9.91. The van der Waals surface area contributed by atoms with Crippen molar-refractivity contribution in [2.75, 3.05) is 5.33 Å². The van der Waals surface area contributed by atoms with Gasteiger partial charge in [0.1, 0.15) is 0 Å².